The molecule has 2 rings (SSSR count). The summed E-state index contributed by atoms with van der Waals surface area (Å²) < 4.78 is 14.5. The molecule has 0 fully saturated rings. The van der Waals surface area contributed by atoms with Gasteiger partial charge in [0.15, 0.2) is 0 Å². The number of methoxy groups -OCH3 is 1. The van der Waals surface area contributed by atoms with E-state index in [9.17, 15) is 19.2 Å². The number of anilines is 1. The van der Waals surface area contributed by atoms with Crippen LogP contribution >= 0.6 is 0 Å². The lowest BCUT2D eigenvalue weighted by molar-refractivity contribution is -0.145. The van der Waals surface area contributed by atoms with Crippen molar-refractivity contribution in [2.24, 2.45) is 0 Å². The highest BCUT2D eigenvalue weighted by Crippen LogP contribution is 2.39. The smallest absolute Gasteiger partial charge is 0.407 e. The van der Waals surface area contributed by atoms with E-state index in [1.54, 1.807) is 38.1 Å². The fraction of sp³-hybridized carbons (Fsp3) is 0.444. The second-order valence-electron chi connectivity index (χ2n) is 5.63. The van der Waals surface area contributed by atoms with Gasteiger partial charge in [-0.2, -0.15) is 0 Å². The fourth-order valence-electron chi connectivity index (χ4n) is 2.94. The maximum absolute atomic E-state index is 13.0. The Balaban J connectivity index is 2.38. The minimum Gasteiger partial charge on any atom is -0.467 e. The van der Waals surface area contributed by atoms with Crippen LogP contribution in [-0.4, -0.2) is 56.8 Å². The number of carbonyl (C=O) groups excluding carboxylic acids is 4. The molecule has 0 spiro atoms. The van der Waals surface area contributed by atoms with Crippen LogP contribution in [0.2, 0.25) is 0 Å². The van der Waals surface area contributed by atoms with Crippen molar-refractivity contribution in [2.45, 2.75) is 25.8 Å². The molecule has 0 aliphatic carbocycles. The number of amides is 2. The number of fused-ring (bicyclic) bond motifs is 1. The zero-order valence-corrected chi connectivity index (χ0v) is 15.4. The van der Waals surface area contributed by atoms with E-state index in [0.717, 1.165) is 7.11 Å². The normalized spacial score (nSPS) is 16.3. The first-order chi connectivity index (χ1) is 12.9. The van der Waals surface area contributed by atoms with Gasteiger partial charge in [-0.3, -0.25) is 9.59 Å². The molecular weight excluding hydrogens is 356 g/mol. The summed E-state index contributed by atoms with van der Waals surface area (Å²) in [5, 5.41) is 2.38. The minimum absolute atomic E-state index is 0.101. The number of nitrogens with one attached hydrogen (secondary N) is 1. The highest BCUT2D eigenvalue weighted by molar-refractivity contribution is 6.10. The molecule has 0 bridgehead atoms. The summed E-state index contributed by atoms with van der Waals surface area (Å²) in [6, 6.07) is 5.43. The number of hydrogen-bond acceptors (Lipinski definition) is 7. The number of esters is 2. The molecule has 2 amide bonds. The summed E-state index contributed by atoms with van der Waals surface area (Å²) in [4.78, 5) is 50.3. The van der Waals surface area contributed by atoms with Crippen molar-refractivity contribution in [3.05, 3.63) is 29.8 Å². The molecule has 9 heteroatoms. The Morgan fingerprint density at radius 1 is 1.15 bits per heavy atom. The van der Waals surface area contributed by atoms with Crippen LogP contribution < -0.4 is 10.2 Å². The quantitative estimate of drug-likeness (QED) is 0.556. The largest absolute Gasteiger partial charge is 0.467 e. The van der Waals surface area contributed by atoms with Crippen molar-refractivity contribution < 1.29 is 33.4 Å². The molecule has 1 N–H and O–H groups in total. The van der Waals surface area contributed by atoms with E-state index in [-0.39, 0.29) is 19.8 Å². The first kappa shape index (κ1) is 20.2. The molecule has 1 aliphatic heterocycles. The van der Waals surface area contributed by atoms with Crippen molar-refractivity contribution in [3.63, 3.8) is 0 Å². The number of rotatable bonds is 7. The lowest BCUT2D eigenvalue weighted by Crippen LogP contribution is -2.49. The van der Waals surface area contributed by atoms with E-state index in [0.29, 0.717) is 11.3 Å². The molecular formula is C18H22N2O7. The molecule has 1 heterocycles. The lowest BCUT2D eigenvalue weighted by atomic mass is 9.92. The van der Waals surface area contributed by atoms with Crippen molar-refractivity contribution in [2.75, 3.05) is 31.8 Å². The number of alkyl carbamates (subject to hydrolysis) is 1. The lowest BCUT2D eigenvalue weighted by Gasteiger charge is -2.22. The second-order valence-corrected chi connectivity index (χ2v) is 5.63. The maximum Gasteiger partial charge on any atom is 0.407 e. The van der Waals surface area contributed by atoms with Crippen LogP contribution in [0.15, 0.2) is 24.3 Å². The Kier molecular flexibility index (Phi) is 6.75. The minimum atomic E-state index is -1.30. The van der Waals surface area contributed by atoms with Gasteiger partial charge in [0.05, 0.1) is 26.2 Å². The standard InChI is InChI=1S/C18H22N2O7/c1-4-26-13(21)10-20-12-9-7-6-8-11(12)14(16(20)22)15(17(23)25-3)19-18(24)27-5-2/h6-9,14-15H,4-5,10H2,1-3H3,(H,19,24). The summed E-state index contributed by atoms with van der Waals surface area (Å²) in [7, 11) is 1.16. The molecule has 0 radical (unpaired) electrons. The number of para-hydroxylation sites is 1. The molecule has 0 aromatic heterocycles. The number of benzene rings is 1. The van der Waals surface area contributed by atoms with Crippen LogP contribution in [0, 0.1) is 0 Å². The topological polar surface area (TPSA) is 111 Å². The monoisotopic (exact) mass is 378 g/mol. The third kappa shape index (κ3) is 4.36. The Hall–Kier alpha value is -3.10. The molecule has 9 nitrogen and oxygen atoms in total. The number of hydrogen-bond donors (Lipinski definition) is 1. The highest BCUT2D eigenvalue weighted by atomic mass is 16.6. The molecule has 2 unspecified atom stereocenters. The van der Waals surface area contributed by atoms with Crippen LogP contribution in [0.3, 0.4) is 0 Å². The van der Waals surface area contributed by atoms with Gasteiger partial charge in [-0.1, -0.05) is 18.2 Å². The predicted molar refractivity (Wildman–Crippen MR) is 94.1 cm³/mol. The molecule has 1 aromatic carbocycles. The summed E-state index contributed by atoms with van der Waals surface area (Å²) in [5.74, 6) is -2.94. The average molecular weight is 378 g/mol. The van der Waals surface area contributed by atoms with E-state index >= 15 is 0 Å². The van der Waals surface area contributed by atoms with E-state index in [1.807, 2.05) is 0 Å². The predicted octanol–water partition coefficient (Wildman–Crippen LogP) is 0.968. The number of carbonyl (C=O) groups is 4. The van der Waals surface area contributed by atoms with E-state index in [2.05, 4.69) is 5.32 Å². The van der Waals surface area contributed by atoms with Crippen LogP contribution in [0.1, 0.15) is 25.3 Å². The van der Waals surface area contributed by atoms with Crippen LogP contribution in [0.5, 0.6) is 0 Å². The summed E-state index contributed by atoms with van der Waals surface area (Å²) in [6.45, 7) is 3.26. The Bertz CT molecular complexity index is 734. The Morgan fingerprint density at radius 3 is 2.44 bits per heavy atom. The molecule has 0 saturated carbocycles. The SMILES string of the molecule is CCOC(=O)CN1C(=O)C(C(NC(=O)OCC)C(=O)OC)c2ccccc21. The molecule has 1 aliphatic rings. The second kappa shape index (κ2) is 9.02. The summed E-state index contributed by atoms with van der Waals surface area (Å²) in [6.07, 6.45) is -0.845. The van der Waals surface area contributed by atoms with Gasteiger partial charge in [0.2, 0.25) is 5.91 Å². The zero-order chi connectivity index (χ0) is 20.0. The molecule has 27 heavy (non-hydrogen) atoms. The molecule has 146 valence electrons. The maximum atomic E-state index is 13.0. The van der Waals surface area contributed by atoms with Gasteiger partial charge in [-0.25, -0.2) is 9.59 Å². The third-order valence-corrected chi connectivity index (χ3v) is 4.02. The Morgan fingerprint density at radius 2 is 1.81 bits per heavy atom. The van der Waals surface area contributed by atoms with Gasteiger partial charge in [0.25, 0.3) is 0 Å². The molecule has 2 atom stereocenters. The van der Waals surface area contributed by atoms with Crippen LogP contribution in [0.4, 0.5) is 10.5 Å². The van der Waals surface area contributed by atoms with Gasteiger partial charge >= 0.3 is 18.0 Å². The van der Waals surface area contributed by atoms with Crippen molar-refractivity contribution in [3.8, 4) is 0 Å². The van der Waals surface area contributed by atoms with Gasteiger partial charge < -0.3 is 24.4 Å². The first-order valence-electron chi connectivity index (χ1n) is 8.51. The third-order valence-electron chi connectivity index (χ3n) is 4.02. The average Bonchev–Trinajstić information content (AvgIpc) is 2.91. The van der Waals surface area contributed by atoms with Crippen molar-refractivity contribution in [1.29, 1.82) is 0 Å². The van der Waals surface area contributed by atoms with E-state index in [4.69, 9.17) is 14.2 Å². The van der Waals surface area contributed by atoms with Gasteiger partial charge in [0.1, 0.15) is 12.6 Å². The number of nitrogens with zero attached hydrogens (tertiary/aromatic N) is 1. The van der Waals surface area contributed by atoms with Crippen molar-refractivity contribution >= 4 is 29.6 Å². The highest BCUT2D eigenvalue weighted by Gasteiger charge is 2.46. The van der Waals surface area contributed by atoms with Gasteiger partial charge in [-0.15, -0.1) is 0 Å². The van der Waals surface area contributed by atoms with Crippen LogP contribution in [-0.2, 0) is 28.6 Å². The molecule has 0 saturated heterocycles. The fourth-order valence-corrected chi connectivity index (χ4v) is 2.94. The first-order valence-corrected chi connectivity index (χ1v) is 8.51. The van der Waals surface area contributed by atoms with E-state index in [1.165, 1.54) is 4.90 Å². The summed E-state index contributed by atoms with van der Waals surface area (Å²) in [5.41, 5.74) is 0.971. The van der Waals surface area contributed by atoms with Gasteiger partial charge in [0, 0.05) is 5.69 Å². The number of ether oxygens (including phenoxy) is 3. The molecule has 1 aromatic rings. The Labute approximate surface area is 156 Å². The van der Waals surface area contributed by atoms with Crippen molar-refractivity contribution in [1.82, 2.24) is 5.32 Å². The zero-order valence-electron chi connectivity index (χ0n) is 15.4. The summed E-state index contributed by atoms with van der Waals surface area (Å²) >= 11 is 0. The van der Waals surface area contributed by atoms with Crippen LogP contribution in [0.25, 0.3) is 0 Å². The van der Waals surface area contributed by atoms with Gasteiger partial charge in [-0.05, 0) is 25.5 Å². The van der Waals surface area contributed by atoms with E-state index < -0.39 is 35.9 Å².